The molecule has 4 nitrogen and oxygen atoms in total. The zero-order valence-electron chi connectivity index (χ0n) is 9.87. The van der Waals surface area contributed by atoms with Gasteiger partial charge in [-0.15, -0.1) is 0 Å². The van der Waals surface area contributed by atoms with Crippen LogP contribution in [0.4, 0.5) is 5.82 Å². The van der Waals surface area contributed by atoms with Crippen LogP contribution >= 0.6 is 0 Å². The molecular weight excluding hydrogens is 190 g/mol. The molecule has 0 bridgehead atoms. The highest BCUT2D eigenvalue weighted by atomic mass is 16.5. The molecule has 1 heterocycles. The molecule has 15 heavy (non-hydrogen) atoms. The van der Waals surface area contributed by atoms with Gasteiger partial charge in [0.15, 0.2) is 0 Å². The van der Waals surface area contributed by atoms with Crippen LogP contribution in [0.1, 0.15) is 26.3 Å². The van der Waals surface area contributed by atoms with Crippen molar-refractivity contribution in [2.75, 3.05) is 19.0 Å². The molecule has 4 heteroatoms. The second kappa shape index (κ2) is 5.53. The minimum absolute atomic E-state index is 0.503. The summed E-state index contributed by atoms with van der Waals surface area (Å²) in [5.74, 6) is 2.06. The molecule has 1 rings (SSSR count). The highest BCUT2D eigenvalue weighted by Crippen LogP contribution is 2.22. The second-order valence-corrected chi connectivity index (χ2v) is 3.81. The van der Waals surface area contributed by atoms with Gasteiger partial charge in [0.25, 0.3) is 0 Å². The van der Waals surface area contributed by atoms with E-state index in [1.54, 1.807) is 0 Å². The van der Waals surface area contributed by atoms with Crippen molar-refractivity contribution in [2.45, 2.75) is 27.2 Å². The monoisotopic (exact) mass is 209 g/mol. The molecule has 0 amide bonds. The molecule has 0 saturated heterocycles. The molecule has 1 aromatic rings. The quantitative estimate of drug-likeness (QED) is 0.807. The van der Waals surface area contributed by atoms with Crippen LogP contribution in [0.5, 0.6) is 5.88 Å². The largest absolute Gasteiger partial charge is 0.477 e. The van der Waals surface area contributed by atoms with E-state index in [0.29, 0.717) is 18.4 Å². The summed E-state index contributed by atoms with van der Waals surface area (Å²) in [5, 5.41) is 3.04. The Kier molecular flexibility index (Phi) is 4.34. The van der Waals surface area contributed by atoms with E-state index in [-0.39, 0.29) is 0 Å². The van der Waals surface area contributed by atoms with Crippen molar-refractivity contribution in [3.63, 3.8) is 0 Å². The van der Waals surface area contributed by atoms with Gasteiger partial charge in [0.2, 0.25) is 5.88 Å². The van der Waals surface area contributed by atoms with Crippen molar-refractivity contribution >= 4 is 5.82 Å². The Morgan fingerprint density at radius 3 is 2.67 bits per heavy atom. The summed E-state index contributed by atoms with van der Waals surface area (Å²) in [6, 6.07) is 0. The number of hydrogen-bond donors (Lipinski definition) is 1. The van der Waals surface area contributed by atoms with Crippen LogP contribution in [0.3, 0.4) is 0 Å². The summed E-state index contributed by atoms with van der Waals surface area (Å²) >= 11 is 0. The summed E-state index contributed by atoms with van der Waals surface area (Å²) < 4.78 is 5.64. The van der Waals surface area contributed by atoms with E-state index >= 15 is 0 Å². The Balaban J connectivity index is 2.86. The van der Waals surface area contributed by atoms with Crippen LogP contribution in [0.15, 0.2) is 6.33 Å². The number of ether oxygens (including phenoxy) is 1. The summed E-state index contributed by atoms with van der Waals surface area (Å²) in [5.41, 5.74) is 1.04. The Labute approximate surface area is 91.1 Å². The number of rotatable bonds is 5. The molecule has 0 spiro atoms. The van der Waals surface area contributed by atoms with Crippen LogP contribution < -0.4 is 10.1 Å². The standard InChI is InChI=1S/C11H19N3O/c1-5-9-10(12-4)13-7-14-11(9)15-6-8(2)3/h7-8H,5-6H2,1-4H3,(H,12,13,14). The molecule has 0 atom stereocenters. The van der Waals surface area contributed by atoms with Crippen LogP contribution in [0, 0.1) is 5.92 Å². The normalized spacial score (nSPS) is 10.5. The lowest BCUT2D eigenvalue weighted by Gasteiger charge is -2.13. The first kappa shape index (κ1) is 11.8. The Hall–Kier alpha value is -1.32. The molecule has 0 aliphatic heterocycles. The highest BCUT2D eigenvalue weighted by molar-refractivity contribution is 5.48. The van der Waals surface area contributed by atoms with Gasteiger partial charge in [-0.1, -0.05) is 20.8 Å². The minimum Gasteiger partial charge on any atom is -0.477 e. The number of nitrogens with zero attached hydrogens (tertiary/aromatic N) is 2. The fourth-order valence-electron chi connectivity index (χ4n) is 1.30. The zero-order chi connectivity index (χ0) is 11.3. The van der Waals surface area contributed by atoms with Crippen molar-refractivity contribution < 1.29 is 4.74 Å². The van der Waals surface area contributed by atoms with E-state index in [2.05, 4.69) is 36.1 Å². The van der Waals surface area contributed by atoms with Crippen molar-refractivity contribution in [1.82, 2.24) is 9.97 Å². The van der Waals surface area contributed by atoms with Gasteiger partial charge in [0.05, 0.1) is 12.2 Å². The van der Waals surface area contributed by atoms with E-state index in [1.807, 2.05) is 7.05 Å². The van der Waals surface area contributed by atoms with Gasteiger partial charge in [-0.2, -0.15) is 0 Å². The van der Waals surface area contributed by atoms with E-state index < -0.39 is 0 Å². The van der Waals surface area contributed by atoms with Gasteiger partial charge in [0, 0.05) is 7.05 Å². The van der Waals surface area contributed by atoms with Gasteiger partial charge in [0.1, 0.15) is 12.1 Å². The van der Waals surface area contributed by atoms with Gasteiger partial charge in [-0.3, -0.25) is 0 Å². The first-order valence-corrected chi connectivity index (χ1v) is 5.33. The van der Waals surface area contributed by atoms with Gasteiger partial charge >= 0.3 is 0 Å². The molecular formula is C11H19N3O. The fourth-order valence-corrected chi connectivity index (χ4v) is 1.30. The van der Waals surface area contributed by atoms with Gasteiger partial charge in [-0.25, -0.2) is 9.97 Å². The third-order valence-corrected chi connectivity index (χ3v) is 2.05. The summed E-state index contributed by atoms with van der Waals surface area (Å²) in [6.45, 7) is 6.99. The van der Waals surface area contributed by atoms with Crippen LogP contribution in [0.25, 0.3) is 0 Å². The van der Waals surface area contributed by atoms with E-state index in [4.69, 9.17) is 4.74 Å². The number of hydrogen-bond acceptors (Lipinski definition) is 4. The Morgan fingerprint density at radius 2 is 2.13 bits per heavy atom. The maximum absolute atomic E-state index is 5.64. The van der Waals surface area contributed by atoms with Crippen molar-refractivity contribution in [1.29, 1.82) is 0 Å². The average molecular weight is 209 g/mol. The van der Waals surface area contributed by atoms with Crippen LogP contribution in [0.2, 0.25) is 0 Å². The van der Waals surface area contributed by atoms with Crippen LogP contribution in [-0.4, -0.2) is 23.6 Å². The predicted octanol–water partition coefficient (Wildman–Crippen LogP) is 2.12. The number of anilines is 1. The second-order valence-electron chi connectivity index (χ2n) is 3.81. The number of nitrogens with one attached hydrogen (secondary N) is 1. The molecule has 0 fully saturated rings. The van der Waals surface area contributed by atoms with Crippen molar-refractivity contribution in [2.24, 2.45) is 5.92 Å². The predicted molar refractivity (Wildman–Crippen MR) is 61.3 cm³/mol. The summed E-state index contributed by atoms with van der Waals surface area (Å²) in [4.78, 5) is 8.31. The molecule has 0 aromatic carbocycles. The van der Waals surface area contributed by atoms with Crippen LogP contribution in [-0.2, 0) is 6.42 Å². The third kappa shape index (κ3) is 3.08. The first-order valence-electron chi connectivity index (χ1n) is 5.33. The first-order chi connectivity index (χ1) is 7.19. The lowest BCUT2D eigenvalue weighted by Crippen LogP contribution is -2.09. The average Bonchev–Trinajstić information content (AvgIpc) is 2.25. The van der Waals surface area contributed by atoms with Gasteiger partial charge in [-0.05, 0) is 12.3 Å². The SMILES string of the molecule is CCc1c(NC)ncnc1OCC(C)C. The van der Waals surface area contributed by atoms with E-state index in [9.17, 15) is 0 Å². The Bertz CT molecular complexity index is 313. The smallest absolute Gasteiger partial charge is 0.221 e. The highest BCUT2D eigenvalue weighted by Gasteiger charge is 2.09. The minimum atomic E-state index is 0.503. The zero-order valence-corrected chi connectivity index (χ0v) is 9.87. The van der Waals surface area contributed by atoms with Crippen molar-refractivity contribution in [3.8, 4) is 5.88 Å². The lowest BCUT2D eigenvalue weighted by atomic mass is 10.2. The molecule has 0 radical (unpaired) electrons. The maximum atomic E-state index is 5.64. The summed E-state index contributed by atoms with van der Waals surface area (Å²) in [6.07, 6.45) is 2.39. The molecule has 0 unspecified atom stereocenters. The molecule has 0 aliphatic carbocycles. The Morgan fingerprint density at radius 1 is 1.40 bits per heavy atom. The molecule has 1 N–H and O–H groups in total. The van der Waals surface area contributed by atoms with E-state index in [0.717, 1.165) is 17.8 Å². The molecule has 0 aliphatic rings. The fraction of sp³-hybridized carbons (Fsp3) is 0.636. The maximum Gasteiger partial charge on any atom is 0.221 e. The molecule has 0 saturated carbocycles. The molecule has 84 valence electrons. The topological polar surface area (TPSA) is 47.0 Å². The van der Waals surface area contributed by atoms with Gasteiger partial charge < -0.3 is 10.1 Å². The van der Waals surface area contributed by atoms with Crippen molar-refractivity contribution in [3.05, 3.63) is 11.9 Å². The lowest BCUT2D eigenvalue weighted by molar-refractivity contribution is 0.258. The summed E-state index contributed by atoms with van der Waals surface area (Å²) in [7, 11) is 1.85. The van der Waals surface area contributed by atoms with E-state index in [1.165, 1.54) is 6.33 Å². The number of aromatic nitrogens is 2. The molecule has 1 aromatic heterocycles. The third-order valence-electron chi connectivity index (χ3n) is 2.05.